The summed E-state index contributed by atoms with van der Waals surface area (Å²) < 4.78 is 13.7. The number of anilines is 2. The molecule has 0 aliphatic heterocycles. The van der Waals surface area contributed by atoms with Gasteiger partial charge < -0.3 is 37.1 Å². The number of aromatic nitrogens is 1. The minimum Gasteiger partial charge on any atom is -1.00 e. The van der Waals surface area contributed by atoms with E-state index >= 15 is 0 Å². The van der Waals surface area contributed by atoms with Gasteiger partial charge in [-0.1, -0.05) is 101 Å². The number of benzene rings is 2. The summed E-state index contributed by atoms with van der Waals surface area (Å²) in [7, 11) is 1.63. The fraction of sp³-hybridized carbons (Fsp3) is 0.515. The molecule has 0 saturated heterocycles. The molecule has 1 aromatic heterocycles. The SMILES string of the molecule is CCCCCCCCCCCCCCOc1cc(NC(=O)Nc2ccc(C[n+]3csc(C)c3)cc2)ccc1OC.[Br-]. The van der Waals surface area contributed by atoms with Crippen molar-refractivity contribution in [2.24, 2.45) is 0 Å². The van der Waals surface area contributed by atoms with Crippen molar-refractivity contribution in [3.8, 4) is 11.5 Å². The molecule has 0 unspecified atom stereocenters. The van der Waals surface area contributed by atoms with E-state index in [1.165, 1.54) is 81.1 Å². The van der Waals surface area contributed by atoms with Crippen LogP contribution < -0.4 is 41.7 Å². The molecule has 8 heteroatoms. The first-order valence-electron chi connectivity index (χ1n) is 15.0. The maximum absolute atomic E-state index is 12.6. The van der Waals surface area contributed by atoms with Crippen LogP contribution in [0.2, 0.25) is 0 Å². The molecule has 41 heavy (non-hydrogen) atoms. The van der Waals surface area contributed by atoms with Gasteiger partial charge in [0.2, 0.25) is 5.51 Å². The molecule has 1 heterocycles. The summed E-state index contributed by atoms with van der Waals surface area (Å²) >= 11 is 1.73. The zero-order chi connectivity index (χ0) is 28.4. The molecule has 0 bridgehead atoms. The lowest BCUT2D eigenvalue weighted by Gasteiger charge is -2.13. The molecular formula is C33H48BrN3O3S. The molecule has 3 aromatic rings. The number of ether oxygens (including phenoxy) is 2. The molecule has 0 saturated carbocycles. The Morgan fingerprint density at radius 3 is 1.98 bits per heavy atom. The van der Waals surface area contributed by atoms with E-state index in [2.05, 4.69) is 40.8 Å². The summed E-state index contributed by atoms with van der Waals surface area (Å²) in [6.07, 6.45) is 17.9. The van der Waals surface area contributed by atoms with Crippen molar-refractivity contribution in [1.29, 1.82) is 0 Å². The van der Waals surface area contributed by atoms with Crippen LogP contribution in [0, 0.1) is 6.92 Å². The van der Waals surface area contributed by atoms with Crippen LogP contribution in [0.4, 0.5) is 16.2 Å². The normalized spacial score (nSPS) is 10.6. The van der Waals surface area contributed by atoms with E-state index in [0.717, 1.165) is 18.7 Å². The van der Waals surface area contributed by atoms with Crippen LogP contribution in [-0.2, 0) is 6.54 Å². The molecule has 3 rings (SSSR count). The Morgan fingerprint density at radius 2 is 1.39 bits per heavy atom. The minimum atomic E-state index is -0.298. The summed E-state index contributed by atoms with van der Waals surface area (Å²) in [5.74, 6) is 1.31. The minimum absolute atomic E-state index is 0. The second-order valence-electron chi connectivity index (χ2n) is 10.5. The molecule has 6 nitrogen and oxygen atoms in total. The zero-order valence-electron chi connectivity index (χ0n) is 25.1. The number of thiazole rings is 1. The van der Waals surface area contributed by atoms with Crippen molar-refractivity contribution < 1.29 is 35.8 Å². The molecule has 2 amide bonds. The number of hydrogen-bond acceptors (Lipinski definition) is 4. The maximum Gasteiger partial charge on any atom is 0.323 e. The van der Waals surface area contributed by atoms with Crippen molar-refractivity contribution in [1.82, 2.24) is 0 Å². The fourth-order valence-electron chi connectivity index (χ4n) is 4.72. The third kappa shape index (κ3) is 13.8. The topological polar surface area (TPSA) is 63.5 Å². The average molecular weight is 647 g/mol. The van der Waals surface area contributed by atoms with Crippen molar-refractivity contribution in [2.45, 2.75) is 97.4 Å². The van der Waals surface area contributed by atoms with Gasteiger partial charge in [-0.2, -0.15) is 4.57 Å². The second kappa shape index (κ2) is 20.3. The predicted octanol–water partition coefficient (Wildman–Crippen LogP) is 6.13. The van der Waals surface area contributed by atoms with Gasteiger partial charge in [-0.3, -0.25) is 0 Å². The molecule has 2 aromatic carbocycles. The molecule has 0 aliphatic carbocycles. The van der Waals surface area contributed by atoms with E-state index in [1.54, 1.807) is 18.4 Å². The molecular weight excluding hydrogens is 598 g/mol. The van der Waals surface area contributed by atoms with E-state index in [9.17, 15) is 4.79 Å². The van der Waals surface area contributed by atoms with Gasteiger partial charge >= 0.3 is 6.03 Å². The van der Waals surface area contributed by atoms with E-state index in [4.69, 9.17) is 9.47 Å². The number of hydrogen-bond donors (Lipinski definition) is 2. The molecule has 0 aliphatic rings. The van der Waals surface area contributed by atoms with Gasteiger partial charge in [0.15, 0.2) is 24.2 Å². The van der Waals surface area contributed by atoms with E-state index in [0.29, 0.717) is 23.8 Å². The highest BCUT2D eigenvalue weighted by Crippen LogP contribution is 2.30. The Bertz CT molecular complexity index is 1140. The number of halogens is 1. The number of aryl methyl sites for hydroxylation is 1. The van der Waals surface area contributed by atoms with Crippen LogP contribution in [-0.4, -0.2) is 19.7 Å². The van der Waals surface area contributed by atoms with Crippen LogP contribution in [0.1, 0.15) is 94.4 Å². The van der Waals surface area contributed by atoms with Crippen LogP contribution in [0.5, 0.6) is 11.5 Å². The Morgan fingerprint density at radius 1 is 0.805 bits per heavy atom. The number of carbonyl (C=O) groups excluding carboxylic acids is 1. The van der Waals surface area contributed by atoms with Crippen LogP contribution in [0.15, 0.2) is 54.2 Å². The van der Waals surface area contributed by atoms with Gasteiger partial charge in [-0.15, -0.1) is 0 Å². The quantitative estimate of drug-likeness (QED) is 0.122. The Balaban J connectivity index is 0.00000588. The monoisotopic (exact) mass is 645 g/mol. The summed E-state index contributed by atoms with van der Waals surface area (Å²) in [6, 6.07) is 13.1. The molecule has 0 radical (unpaired) electrons. The standard InChI is InChI=1S/C33H47N3O3S.BrH/c1-4-5-6-7-8-9-10-11-12-13-14-15-22-39-32-23-30(20-21-31(32)38-3)35-33(37)34-29-18-16-28(17-19-29)25-36-24-27(2)40-26-36;/h16-21,23-24,26H,4-15,22,25H2,1-3H3,(H-,34,35,37);1H. The Hall–Kier alpha value is -2.58. The number of nitrogens with one attached hydrogen (secondary N) is 2. The Kier molecular flexibility index (Phi) is 17.2. The number of rotatable bonds is 19. The highest BCUT2D eigenvalue weighted by atomic mass is 79.9. The van der Waals surface area contributed by atoms with Crippen molar-refractivity contribution >= 4 is 28.7 Å². The van der Waals surface area contributed by atoms with E-state index < -0.39 is 0 Å². The fourth-order valence-corrected chi connectivity index (χ4v) is 5.35. The number of urea groups is 1. The molecule has 0 fully saturated rings. The number of carbonyl (C=O) groups is 1. The lowest BCUT2D eigenvalue weighted by Crippen LogP contribution is -3.00. The van der Waals surface area contributed by atoms with Gasteiger partial charge in [-0.25, -0.2) is 4.79 Å². The molecule has 226 valence electrons. The van der Waals surface area contributed by atoms with Crippen LogP contribution in [0.3, 0.4) is 0 Å². The maximum atomic E-state index is 12.6. The smallest absolute Gasteiger partial charge is 0.323 e. The molecule has 2 N–H and O–H groups in total. The first-order valence-corrected chi connectivity index (χ1v) is 15.9. The van der Waals surface area contributed by atoms with E-state index in [1.807, 2.05) is 42.5 Å². The lowest BCUT2D eigenvalue weighted by atomic mass is 10.1. The third-order valence-corrected chi connectivity index (χ3v) is 7.83. The van der Waals surface area contributed by atoms with Crippen molar-refractivity contribution in [2.75, 3.05) is 24.4 Å². The third-order valence-electron chi connectivity index (χ3n) is 6.98. The summed E-state index contributed by atoms with van der Waals surface area (Å²) in [5.41, 5.74) is 4.69. The largest absolute Gasteiger partial charge is 1.00 e. The van der Waals surface area contributed by atoms with Crippen LogP contribution >= 0.6 is 11.3 Å². The van der Waals surface area contributed by atoms with Gasteiger partial charge in [0.1, 0.15) is 0 Å². The average Bonchev–Trinajstić information content (AvgIpc) is 3.36. The summed E-state index contributed by atoms with van der Waals surface area (Å²) in [4.78, 5) is 13.9. The van der Waals surface area contributed by atoms with Gasteiger partial charge in [0, 0.05) is 23.0 Å². The first kappa shape index (κ1) is 34.6. The number of unbranched alkanes of at least 4 members (excludes halogenated alkanes) is 11. The first-order chi connectivity index (χ1) is 19.6. The lowest BCUT2D eigenvalue weighted by molar-refractivity contribution is -0.683. The summed E-state index contributed by atoms with van der Waals surface area (Å²) in [5, 5.41) is 5.80. The highest BCUT2D eigenvalue weighted by Gasteiger charge is 2.10. The van der Waals surface area contributed by atoms with Gasteiger partial charge in [0.25, 0.3) is 0 Å². The second-order valence-corrected chi connectivity index (χ2v) is 11.6. The predicted molar refractivity (Wildman–Crippen MR) is 167 cm³/mol. The van der Waals surface area contributed by atoms with Crippen LogP contribution in [0.25, 0.3) is 0 Å². The van der Waals surface area contributed by atoms with Crippen molar-refractivity contribution in [3.63, 3.8) is 0 Å². The number of nitrogens with zero attached hydrogens (tertiary/aromatic N) is 1. The highest BCUT2D eigenvalue weighted by molar-refractivity contribution is 7.09. The number of methoxy groups -OCH3 is 1. The molecule has 0 atom stereocenters. The summed E-state index contributed by atoms with van der Waals surface area (Å²) in [6.45, 7) is 5.82. The van der Waals surface area contributed by atoms with E-state index in [-0.39, 0.29) is 23.0 Å². The van der Waals surface area contributed by atoms with Gasteiger partial charge in [-0.05, 0) is 37.6 Å². The van der Waals surface area contributed by atoms with Crippen molar-refractivity contribution in [3.05, 3.63) is 64.6 Å². The zero-order valence-corrected chi connectivity index (χ0v) is 27.5. The molecule has 0 spiro atoms. The Labute approximate surface area is 261 Å². The van der Waals surface area contributed by atoms with Gasteiger partial charge in [0.05, 0.1) is 18.6 Å². The number of amides is 2.